The largest absolute Gasteiger partial charge is 0.370 e. The summed E-state index contributed by atoms with van der Waals surface area (Å²) in [4.78, 5) is 16.2. The third-order valence-corrected chi connectivity index (χ3v) is 3.43. The Balaban J connectivity index is 2.61. The number of aromatic nitrogens is 1. The summed E-state index contributed by atoms with van der Waals surface area (Å²) in [6.45, 7) is 12.2. The van der Waals surface area contributed by atoms with Crippen molar-refractivity contribution in [3.05, 3.63) is 23.9 Å². The zero-order chi connectivity index (χ0) is 14.5. The average Bonchev–Trinajstić information content (AvgIpc) is 2.35. The second-order valence-electron chi connectivity index (χ2n) is 5.94. The van der Waals surface area contributed by atoms with Crippen LogP contribution in [0.2, 0.25) is 0 Å². The van der Waals surface area contributed by atoms with Crippen molar-refractivity contribution in [1.82, 2.24) is 10.3 Å². The van der Waals surface area contributed by atoms with Crippen molar-refractivity contribution in [3.63, 3.8) is 0 Å². The van der Waals surface area contributed by atoms with E-state index in [1.165, 1.54) is 0 Å². The summed E-state index contributed by atoms with van der Waals surface area (Å²) >= 11 is 0. The van der Waals surface area contributed by atoms with Crippen molar-refractivity contribution in [2.75, 3.05) is 18.4 Å². The van der Waals surface area contributed by atoms with Crippen LogP contribution < -0.4 is 10.6 Å². The molecule has 0 saturated carbocycles. The van der Waals surface area contributed by atoms with Crippen LogP contribution in [0, 0.1) is 11.3 Å². The molecule has 106 valence electrons. The Kier molecular flexibility index (Phi) is 5.33. The van der Waals surface area contributed by atoms with Crippen molar-refractivity contribution in [1.29, 1.82) is 0 Å². The number of nitrogens with zero attached hydrogens (tertiary/aromatic N) is 1. The Hall–Kier alpha value is -1.58. The van der Waals surface area contributed by atoms with Gasteiger partial charge in [0.1, 0.15) is 5.82 Å². The molecule has 1 aromatic rings. The van der Waals surface area contributed by atoms with E-state index in [9.17, 15) is 4.79 Å². The molecule has 4 nitrogen and oxygen atoms in total. The van der Waals surface area contributed by atoms with Crippen LogP contribution in [0.1, 0.15) is 45.0 Å². The molecule has 1 amide bonds. The number of carbonyl (C=O) groups excluding carboxylic acids is 1. The van der Waals surface area contributed by atoms with E-state index < -0.39 is 0 Å². The standard InChI is InChI=1S/C15H25N3O/c1-6-16-13-9-12(7-8-17-13)14(19)18-10-11(2)15(3,4)5/h7-9,11H,6,10H2,1-5H3,(H,16,17)(H,18,19). The number of hydrogen-bond acceptors (Lipinski definition) is 3. The minimum absolute atomic E-state index is 0.0438. The molecule has 0 fully saturated rings. The van der Waals surface area contributed by atoms with E-state index in [1.54, 1.807) is 18.3 Å². The first-order valence-corrected chi connectivity index (χ1v) is 6.82. The van der Waals surface area contributed by atoms with Gasteiger partial charge in [-0.2, -0.15) is 0 Å². The summed E-state index contributed by atoms with van der Waals surface area (Å²) in [7, 11) is 0. The van der Waals surface area contributed by atoms with Crippen molar-refractivity contribution in [2.45, 2.75) is 34.6 Å². The second kappa shape index (κ2) is 6.55. The molecule has 1 heterocycles. The maximum absolute atomic E-state index is 12.1. The number of anilines is 1. The smallest absolute Gasteiger partial charge is 0.251 e. The molecule has 0 spiro atoms. The van der Waals surface area contributed by atoms with Gasteiger partial charge in [0.2, 0.25) is 0 Å². The highest BCUT2D eigenvalue weighted by Gasteiger charge is 2.20. The van der Waals surface area contributed by atoms with E-state index >= 15 is 0 Å². The summed E-state index contributed by atoms with van der Waals surface area (Å²) in [5.41, 5.74) is 0.840. The molecule has 19 heavy (non-hydrogen) atoms. The molecule has 0 aliphatic rings. The van der Waals surface area contributed by atoms with Gasteiger partial charge in [-0.25, -0.2) is 4.98 Å². The van der Waals surface area contributed by atoms with E-state index in [0.29, 0.717) is 18.0 Å². The van der Waals surface area contributed by atoms with Crippen LogP contribution in [0.25, 0.3) is 0 Å². The third kappa shape index (κ3) is 4.89. The van der Waals surface area contributed by atoms with E-state index in [2.05, 4.69) is 43.3 Å². The number of amides is 1. The number of nitrogens with one attached hydrogen (secondary N) is 2. The maximum Gasteiger partial charge on any atom is 0.251 e. The monoisotopic (exact) mass is 263 g/mol. The lowest BCUT2D eigenvalue weighted by atomic mass is 9.82. The maximum atomic E-state index is 12.1. The van der Waals surface area contributed by atoms with E-state index in [4.69, 9.17) is 0 Å². The van der Waals surface area contributed by atoms with Gasteiger partial charge in [-0.3, -0.25) is 4.79 Å². The molecule has 0 saturated heterocycles. The number of pyridine rings is 1. The van der Waals surface area contributed by atoms with Gasteiger partial charge in [0.25, 0.3) is 5.91 Å². The van der Waals surface area contributed by atoms with Crippen molar-refractivity contribution in [2.24, 2.45) is 11.3 Å². The zero-order valence-electron chi connectivity index (χ0n) is 12.6. The summed E-state index contributed by atoms with van der Waals surface area (Å²) in [5.74, 6) is 1.11. The van der Waals surface area contributed by atoms with Crippen molar-refractivity contribution >= 4 is 11.7 Å². The van der Waals surface area contributed by atoms with Gasteiger partial charge >= 0.3 is 0 Å². The molecular formula is C15H25N3O. The zero-order valence-corrected chi connectivity index (χ0v) is 12.6. The first-order valence-electron chi connectivity index (χ1n) is 6.82. The normalized spacial score (nSPS) is 12.9. The van der Waals surface area contributed by atoms with E-state index in [-0.39, 0.29) is 11.3 Å². The fourth-order valence-corrected chi connectivity index (χ4v) is 1.50. The van der Waals surface area contributed by atoms with Crippen molar-refractivity contribution < 1.29 is 4.79 Å². The Morgan fingerprint density at radius 3 is 2.68 bits per heavy atom. The molecule has 1 atom stereocenters. The van der Waals surface area contributed by atoms with Crippen LogP contribution in [0.4, 0.5) is 5.82 Å². The van der Waals surface area contributed by atoms with Gasteiger partial charge in [0.15, 0.2) is 0 Å². The molecule has 2 N–H and O–H groups in total. The fraction of sp³-hybridized carbons (Fsp3) is 0.600. The third-order valence-electron chi connectivity index (χ3n) is 3.43. The van der Waals surface area contributed by atoms with Crippen LogP contribution in [0.15, 0.2) is 18.3 Å². The SMILES string of the molecule is CCNc1cc(C(=O)NCC(C)C(C)(C)C)ccn1. The van der Waals surface area contributed by atoms with Crippen LogP contribution in [0.3, 0.4) is 0 Å². The molecule has 4 heteroatoms. The lowest BCUT2D eigenvalue weighted by molar-refractivity contribution is 0.0937. The predicted molar refractivity (Wildman–Crippen MR) is 79.4 cm³/mol. The quantitative estimate of drug-likeness (QED) is 0.858. The highest BCUT2D eigenvalue weighted by Crippen LogP contribution is 2.24. The first kappa shape index (κ1) is 15.5. The Labute approximate surface area is 116 Å². The number of rotatable bonds is 5. The number of carbonyl (C=O) groups is 1. The minimum atomic E-state index is -0.0438. The average molecular weight is 263 g/mol. The summed E-state index contributed by atoms with van der Waals surface area (Å²) in [5, 5.41) is 6.08. The first-order chi connectivity index (χ1) is 8.84. The van der Waals surface area contributed by atoms with Crippen LogP contribution in [-0.4, -0.2) is 24.0 Å². The topological polar surface area (TPSA) is 54.0 Å². The van der Waals surface area contributed by atoms with Crippen LogP contribution >= 0.6 is 0 Å². The predicted octanol–water partition coefficient (Wildman–Crippen LogP) is 2.93. The summed E-state index contributed by atoms with van der Waals surface area (Å²) in [6, 6.07) is 3.51. The number of hydrogen-bond donors (Lipinski definition) is 2. The van der Waals surface area contributed by atoms with Crippen molar-refractivity contribution in [3.8, 4) is 0 Å². The molecule has 0 aromatic carbocycles. The van der Waals surface area contributed by atoms with Gasteiger partial charge in [-0.15, -0.1) is 0 Å². The van der Waals surface area contributed by atoms with Gasteiger partial charge < -0.3 is 10.6 Å². The Morgan fingerprint density at radius 1 is 1.42 bits per heavy atom. The van der Waals surface area contributed by atoms with Gasteiger partial charge in [0.05, 0.1) is 0 Å². The molecule has 0 aliphatic heterocycles. The molecule has 0 aliphatic carbocycles. The summed E-state index contributed by atoms with van der Waals surface area (Å²) < 4.78 is 0. The van der Waals surface area contributed by atoms with Gasteiger partial charge in [-0.1, -0.05) is 27.7 Å². The lowest BCUT2D eigenvalue weighted by Gasteiger charge is -2.27. The molecule has 1 unspecified atom stereocenters. The molecule has 0 bridgehead atoms. The Bertz CT molecular complexity index is 424. The highest BCUT2D eigenvalue weighted by atomic mass is 16.1. The molecule has 1 aromatic heterocycles. The molecular weight excluding hydrogens is 238 g/mol. The minimum Gasteiger partial charge on any atom is -0.370 e. The molecule has 0 radical (unpaired) electrons. The summed E-state index contributed by atoms with van der Waals surface area (Å²) in [6.07, 6.45) is 1.65. The van der Waals surface area contributed by atoms with Gasteiger partial charge in [-0.05, 0) is 30.4 Å². The highest BCUT2D eigenvalue weighted by molar-refractivity contribution is 5.94. The molecule has 1 rings (SSSR count). The van der Waals surface area contributed by atoms with Gasteiger partial charge in [0, 0.05) is 24.8 Å². The second-order valence-corrected chi connectivity index (χ2v) is 5.94. The fourth-order valence-electron chi connectivity index (χ4n) is 1.50. The van der Waals surface area contributed by atoms with E-state index in [0.717, 1.165) is 12.4 Å². The lowest BCUT2D eigenvalue weighted by Crippen LogP contribution is -2.33. The Morgan fingerprint density at radius 2 is 2.11 bits per heavy atom. The van der Waals surface area contributed by atoms with Crippen LogP contribution in [-0.2, 0) is 0 Å². The van der Waals surface area contributed by atoms with Crippen LogP contribution in [0.5, 0.6) is 0 Å². The van der Waals surface area contributed by atoms with E-state index in [1.807, 2.05) is 6.92 Å².